The number of para-hydroxylation sites is 3. The van der Waals surface area contributed by atoms with Crippen molar-refractivity contribution in [3.05, 3.63) is 140 Å². The lowest BCUT2D eigenvalue weighted by Crippen LogP contribution is -1.94. The van der Waals surface area contributed by atoms with Crippen LogP contribution in [0.3, 0.4) is 0 Å². The fraction of sp³-hybridized carbons (Fsp3) is 0. The van der Waals surface area contributed by atoms with Crippen LogP contribution in [0.1, 0.15) is 0 Å². The van der Waals surface area contributed by atoms with Crippen molar-refractivity contribution in [3.63, 3.8) is 0 Å². The minimum absolute atomic E-state index is 0.902. The Bertz CT molecular complexity index is 2480. The maximum absolute atomic E-state index is 6.58. The third kappa shape index (κ3) is 3.16. The van der Waals surface area contributed by atoms with Gasteiger partial charge in [0.2, 0.25) is 0 Å². The van der Waals surface area contributed by atoms with Gasteiger partial charge in [-0.1, -0.05) is 121 Å². The maximum Gasteiger partial charge on any atom is 0.143 e. The first-order chi connectivity index (χ1) is 20.4. The molecule has 2 heteroatoms. The molecule has 0 aliphatic rings. The minimum Gasteiger partial charge on any atom is -0.455 e. The van der Waals surface area contributed by atoms with Crippen LogP contribution in [0, 0.1) is 0 Å². The van der Waals surface area contributed by atoms with Gasteiger partial charge in [0, 0.05) is 44.3 Å². The van der Waals surface area contributed by atoms with Gasteiger partial charge < -0.3 is 4.42 Å². The highest BCUT2D eigenvalue weighted by Crippen LogP contribution is 2.48. The van der Waals surface area contributed by atoms with Crippen LogP contribution in [0.15, 0.2) is 144 Å². The number of nitrogens with zero attached hydrogens (tertiary/aromatic N) is 1. The molecule has 2 heterocycles. The second-order valence-electron chi connectivity index (χ2n) is 10.7. The van der Waals surface area contributed by atoms with Crippen molar-refractivity contribution >= 4 is 65.2 Å². The quantitative estimate of drug-likeness (QED) is 0.167. The van der Waals surface area contributed by atoms with E-state index in [1.807, 2.05) is 12.1 Å². The summed E-state index contributed by atoms with van der Waals surface area (Å²) in [5.41, 5.74) is 7.51. The zero-order valence-electron chi connectivity index (χ0n) is 22.1. The number of pyridine rings is 1. The normalized spacial score (nSPS) is 11.9. The molecule has 190 valence electrons. The molecule has 0 atom stereocenters. The predicted molar refractivity (Wildman–Crippen MR) is 172 cm³/mol. The zero-order valence-corrected chi connectivity index (χ0v) is 22.1. The van der Waals surface area contributed by atoms with Gasteiger partial charge in [-0.25, -0.2) is 0 Å². The average Bonchev–Trinajstić information content (AvgIpc) is 3.42. The van der Waals surface area contributed by atoms with Crippen LogP contribution in [0.5, 0.6) is 0 Å². The average molecular weight is 522 g/mol. The third-order valence-corrected chi connectivity index (χ3v) is 8.49. The van der Waals surface area contributed by atoms with Crippen molar-refractivity contribution in [2.24, 2.45) is 0 Å². The smallest absolute Gasteiger partial charge is 0.143 e. The van der Waals surface area contributed by atoms with E-state index >= 15 is 0 Å². The van der Waals surface area contributed by atoms with Crippen LogP contribution in [0.4, 0.5) is 0 Å². The second-order valence-corrected chi connectivity index (χ2v) is 10.7. The first-order valence-electron chi connectivity index (χ1n) is 14.0. The van der Waals surface area contributed by atoms with Gasteiger partial charge in [0.1, 0.15) is 11.2 Å². The summed E-state index contributed by atoms with van der Waals surface area (Å²) in [5.74, 6) is 0. The number of fused-ring (bicyclic) bond motifs is 8. The lowest BCUT2D eigenvalue weighted by molar-refractivity contribution is 0.670. The van der Waals surface area contributed by atoms with Crippen LogP contribution < -0.4 is 0 Å². The van der Waals surface area contributed by atoms with Crippen molar-refractivity contribution in [2.75, 3.05) is 0 Å². The van der Waals surface area contributed by atoms with E-state index in [2.05, 4.69) is 128 Å². The molecule has 0 aliphatic carbocycles. The Labute approximate surface area is 236 Å². The van der Waals surface area contributed by atoms with E-state index in [0.717, 1.165) is 49.4 Å². The molecule has 7 aromatic carbocycles. The Morgan fingerprint density at radius 2 is 1.02 bits per heavy atom. The maximum atomic E-state index is 6.58. The van der Waals surface area contributed by atoms with Crippen molar-refractivity contribution in [1.29, 1.82) is 0 Å². The van der Waals surface area contributed by atoms with E-state index in [-0.39, 0.29) is 0 Å². The Hall–Kier alpha value is -5.47. The molecule has 9 aromatic rings. The molecule has 9 rings (SSSR count). The lowest BCUT2D eigenvalue weighted by Gasteiger charge is -2.20. The van der Waals surface area contributed by atoms with Gasteiger partial charge in [-0.15, -0.1) is 0 Å². The molecule has 0 unspecified atom stereocenters. The molecule has 0 saturated carbocycles. The largest absolute Gasteiger partial charge is 0.455 e. The van der Waals surface area contributed by atoms with Crippen molar-refractivity contribution < 1.29 is 4.42 Å². The van der Waals surface area contributed by atoms with Gasteiger partial charge in [-0.05, 0) is 44.8 Å². The number of aromatic nitrogens is 1. The van der Waals surface area contributed by atoms with E-state index in [9.17, 15) is 0 Å². The molecular formula is C39H23NO. The van der Waals surface area contributed by atoms with Gasteiger partial charge in [0.15, 0.2) is 0 Å². The van der Waals surface area contributed by atoms with Crippen LogP contribution in [-0.2, 0) is 0 Å². The molecule has 0 N–H and O–H groups in total. The highest BCUT2D eigenvalue weighted by Gasteiger charge is 2.22. The summed E-state index contributed by atoms with van der Waals surface area (Å²) >= 11 is 0. The summed E-state index contributed by atoms with van der Waals surface area (Å²) in [4.78, 5) is 4.99. The number of hydrogen-bond acceptors (Lipinski definition) is 2. The molecule has 0 amide bonds. The Balaban J connectivity index is 1.54. The molecule has 0 spiro atoms. The van der Waals surface area contributed by atoms with Crippen LogP contribution in [-0.4, -0.2) is 4.98 Å². The summed E-state index contributed by atoms with van der Waals surface area (Å²) < 4.78 is 6.58. The van der Waals surface area contributed by atoms with Gasteiger partial charge in [0.25, 0.3) is 0 Å². The van der Waals surface area contributed by atoms with Crippen molar-refractivity contribution in [3.8, 4) is 22.3 Å². The number of rotatable bonds is 2. The molecule has 0 aliphatic heterocycles. The van der Waals surface area contributed by atoms with Crippen molar-refractivity contribution in [1.82, 2.24) is 4.98 Å². The summed E-state index contributed by atoms with van der Waals surface area (Å²) in [5, 5.41) is 10.6. The monoisotopic (exact) mass is 521 g/mol. The lowest BCUT2D eigenvalue weighted by atomic mass is 9.84. The number of hydrogen-bond donors (Lipinski definition) is 0. The second kappa shape index (κ2) is 8.51. The van der Waals surface area contributed by atoms with Crippen LogP contribution in [0.25, 0.3) is 87.4 Å². The highest BCUT2D eigenvalue weighted by atomic mass is 16.3. The van der Waals surface area contributed by atoms with Gasteiger partial charge in [-0.3, -0.25) is 4.98 Å². The van der Waals surface area contributed by atoms with Gasteiger partial charge in [0.05, 0.1) is 5.52 Å². The van der Waals surface area contributed by atoms with Crippen molar-refractivity contribution in [2.45, 2.75) is 0 Å². The molecule has 0 bridgehead atoms. The summed E-state index contributed by atoms with van der Waals surface area (Å²) in [6, 6.07) is 47.4. The fourth-order valence-electron chi connectivity index (χ4n) is 6.76. The van der Waals surface area contributed by atoms with E-state index in [1.54, 1.807) is 0 Å². The molecule has 0 saturated heterocycles. The molecule has 0 radical (unpaired) electrons. The summed E-state index contributed by atoms with van der Waals surface area (Å²) in [6.07, 6.45) is 2.07. The first-order valence-corrected chi connectivity index (χ1v) is 14.0. The van der Waals surface area contributed by atoms with Gasteiger partial charge in [-0.2, -0.15) is 0 Å². The van der Waals surface area contributed by atoms with E-state index < -0.39 is 0 Å². The Morgan fingerprint density at radius 3 is 1.90 bits per heavy atom. The van der Waals surface area contributed by atoms with Crippen LogP contribution in [0.2, 0.25) is 0 Å². The standard InChI is InChI=1S/C39H23NO/c1-2-13-25-24(11-1)12-9-18-27(25)37-29-16-4-3-15-28(29)36(33-23-40-34-21-7-5-17-31(34)38(33)37)32-20-10-19-30-26-14-6-8-22-35(26)41-39(30)32/h1-23H. The number of furan rings is 1. The SMILES string of the molecule is c1ccc2c(-c3c4ccccc4c(-c4cccc5c4oc4ccccc45)c4cnc5ccccc5c34)cccc2c1. The Morgan fingerprint density at radius 1 is 0.415 bits per heavy atom. The topological polar surface area (TPSA) is 26.0 Å². The van der Waals surface area contributed by atoms with E-state index in [4.69, 9.17) is 9.40 Å². The van der Waals surface area contributed by atoms with Crippen LogP contribution >= 0.6 is 0 Å². The van der Waals surface area contributed by atoms with E-state index in [1.165, 1.54) is 38.1 Å². The number of benzene rings is 7. The van der Waals surface area contributed by atoms with Gasteiger partial charge >= 0.3 is 0 Å². The molecule has 2 aromatic heterocycles. The molecule has 41 heavy (non-hydrogen) atoms. The minimum atomic E-state index is 0.902. The first kappa shape index (κ1) is 22.4. The predicted octanol–water partition coefficient (Wildman–Crippen LogP) is 10.9. The Kier molecular flexibility index (Phi) is 4.64. The van der Waals surface area contributed by atoms with E-state index in [0.29, 0.717) is 0 Å². The molecule has 2 nitrogen and oxygen atoms in total. The molecular weight excluding hydrogens is 498 g/mol. The zero-order chi connectivity index (χ0) is 26.9. The highest BCUT2D eigenvalue weighted by molar-refractivity contribution is 6.30. The summed E-state index contributed by atoms with van der Waals surface area (Å²) in [6.45, 7) is 0. The molecule has 0 fully saturated rings. The summed E-state index contributed by atoms with van der Waals surface area (Å²) in [7, 11) is 0. The third-order valence-electron chi connectivity index (χ3n) is 8.49. The fourth-order valence-corrected chi connectivity index (χ4v) is 6.76.